The molecule has 2 atom stereocenters. The van der Waals surface area contributed by atoms with Crippen molar-refractivity contribution in [3.63, 3.8) is 0 Å². The van der Waals surface area contributed by atoms with Gasteiger partial charge in [0.1, 0.15) is 6.04 Å². The number of hydrogen-bond donors (Lipinski definition) is 1. The molecule has 2 amide bonds. The molecular weight excluding hydrogens is 398 g/mol. The van der Waals surface area contributed by atoms with Gasteiger partial charge in [-0.3, -0.25) is 9.59 Å². The van der Waals surface area contributed by atoms with E-state index >= 15 is 0 Å². The van der Waals surface area contributed by atoms with Gasteiger partial charge in [-0.25, -0.2) is 4.90 Å². The molecule has 3 rings (SSSR count). The zero-order chi connectivity index (χ0) is 23.1. The Morgan fingerprint density at radius 2 is 1.62 bits per heavy atom. The summed E-state index contributed by atoms with van der Waals surface area (Å²) < 4.78 is 0. The number of carbonyl (C=O) groups excluding carboxylic acids is 2. The lowest BCUT2D eigenvalue weighted by Gasteiger charge is -2.29. The summed E-state index contributed by atoms with van der Waals surface area (Å²) in [5.74, 6) is -0.537. The lowest BCUT2D eigenvalue weighted by atomic mass is 9.98. The highest BCUT2D eigenvalue weighted by Gasteiger charge is 2.32. The van der Waals surface area contributed by atoms with Gasteiger partial charge in [0, 0.05) is 5.56 Å². The number of carbonyl (C=O) groups is 2. The van der Waals surface area contributed by atoms with Crippen LogP contribution >= 0.6 is 0 Å². The summed E-state index contributed by atoms with van der Waals surface area (Å²) in [6.45, 7) is 5.93. The molecule has 0 aliphatic heterocycles. The van der Waals surface area contributed by atoms with E-state index in [0.29, 0.717) is 18.4 Å². The standard InChI is InChI=1S/C27H29N3O2/c1-4-25(21-11-6-5-7-12-21)30(18-28)27(32)24(16-19(2)3)29-26(31)23-15-14-20-10-8-9-13-22(20)17-23/h5-15,17,19,24-25H,4,16H2,1-3H3,(H,29,31). The van der Waals surface area contributed by atoms with Crippen LogP contribution in [0, 0.1) is 17.4 Å². The number of fused-ring (bicyclic) bond motifs is 1. The van der Waals surface area contributed by atoms with Gasteiger partial charge >= 0.3 is 0 Å². The van der Waals surface area contributed by atoms with Crippen molar-refractivity contribution in [1.29, 1.82) is 5.26 Å². The Morgan fingerprint density at radius 3 is 2.25 bits per heavy atom. The van der Waals surface area contributed by atoms with Crippen molar-refractivity contribution in [2.45, 2.75) is 45.7 Å². The van der Waals surface area contributed by atoms with E-state index in [-0.39, 0.29) is 23.8 Å². The zero-order valence-corrected chi connectivity index (χ0v) is 18.8. The largest absolute Gasteiger partial charge is 0.340 e. The highest BCUT2D eigenvalue weighted by atomic mass is 16.2. The molecule has 1 N–H and O–H groups in total. The van der Waals surface area contributed by atoms with Crippen molar-refractivity contribution < 1.29 is 9.59 Å². The predicted molar refractivity (Wildman–Crippen MR) is 127 cm³/mol. The fraction of sp³-hybridized carbons (Fsp3) is 0.296. The third-order valence-corrected chi connectivity index (χ3v) is 5.55. The fourth-order valence-electron chi connectivity index (χ4n) is 3.95. The lowest BCUT2D eigenvalue weighted by molar-refractivity contribution is -0.132. The Labute approximate surface area is 189 Å². The fourth-order valence-corrected chi connectivity index (χ4v) is 3.95. The Morgan fingerprint density at radius 1 is 0.969 bits per heavy atom. The average Bonchev–Trinajstić information content (AvgIpc) is 2.81. The minimum absolute atomic E-state index is 0.165. The lowest BCUT2D eigenvalue weighted by Crippen LogP contribution is -2.48. The van der Waals surface area contributed by atoms with Gasteiger partial charge in [-0.05, 0) is 47.2 Å². The van der Waals surface area contributed by atoms with E-state index in [1.807, 2.05) is 87.5 Å². The molecule has 3 aromatic carbocycles. The summed E-state index contributed by atoms with van der Waals surface area (Å²) in [7, 11) is 0. The van der Waals surface area contributed by atoms with Crippen LogP contribution in [0.2, 0.25) is 0 Å². The third-order valence-electron chi connectivity index (χ3n) is 5.55. The van der Waals surface area contributed by atoms with Crippen molar-refractivity contribution in [1.82, 2.24) is 10.2 Å². The van der Waals surface area contributed by atoms with Crippen LogP contribution in [-0.2, 0) is 4.79 Å². The third kappa shape index (κ3) is 5.33. The van der Waals surface area contributed by atoms with Gasteiger partial charge in [0.25, 0.3) is 11.8 Å². The molecule has 0 fully saturated rings. The summed E-state index contributed by atoms with van der Waals surface area (Å²) in [6.07, 6.45) is 3.11. The van der Waals surface area contributed by atoms with Gasteiger partial charge in [0.15, 0.2) is 6.19 Å². The van der Waals surface area contributed by atoms with Crippen LogP contribution in [0.1, 0.15) is 55.6 Å². The maximum absolute atomic E-state index is 13.5. The van der Waals surface area contributed by atoms with Gasteiger partial charge < -0.3 is 5.32 Å². The molecule has 0 aliphatic carbocycles. The monoisotopic (exact) mass is 427 g/mol. The maximum Gasteiger partial charge on any atom is 0.258 e. The Kier molecular flexibility index (Phi) is 7.62. The van der Waals surface area contributed by atoms with Crippen molar-refractivity contribution in [3.05, 3.63) is 83.9 Å². The summed E-state index contributed by atoms with van der Waals surface area (Å²) >= 11 is 0. The highest BCUT2D eigenvalue weighted by Crippen LogP contribution is 2.25. The summed E-state index contributed by atoms with van der Waals surface area (Å²) in [5.41, 5.74) is 1.39. The Balaban J connectivity index is 1.86. The first kappa shape index (κ1) is 23.0. The summed E-state index contributed by atoms with van der Waals surface area (Å²) in [4.78, 5) is 27.7. The van der Waals surface area contributed by atoms with Crippen LogP contribution in [0.25, 0.3) is 10.8 Å². The minimum atomic E-state index is -0.786. The van der Waals surface area contributed by atoms with E-state index < -0.39 is 6.04 Å². The first-order valence-electron chi connectivity index (χ1n) is 11.0. The van der Waals surface area contributed by atoms with E-state index in [1.165, 1.54) is 4.90 Å². The van der Waals surface area contributed by atoms with Gasteiger partial charge in [0.2, 0.25) is 0 Å². The topological polar surface area (TPSA) is 73.2 Å². The smallest absolute Gasteiger partial charge is 0.258 e. The van der Waals surface area contributed by atoms with Crippen LogP contribution in [0.3, 0.4) is 0 Å². The molecule has 0 radical (unpaired) electrons. The number of rotatable bonds is 8. The number of nitrogens with zero attached hydrogens (tertiary/aromatic N) is 2. The molecule has 5 heteroatoms. The van der Waals surface area contributed by atoms with Crippen LogP contribution in [0.4, 0.5) is 0 Å². The van der Waals surface area contributed by atoms with E-state index in [2.05, 4.69) is 11.5 Å². The van der Waals surface area contributed by atoms with Gasteiger partial charge in [-0.15, -0.1) is 0 Å². The molecule has 0 saturated heterocycles. The first-order chi connectivity index (χ1) is 15.4. The summed E-state index contributed by atoms with van der Waals surface area (Å²) in [6, 6.07) is 21.6. The predicted octanol–water partition coefficient (Wildman–Crippen LogP) is 5.45. The van der Waals surface area contributed by atoms with Gasteiger partial charge in [-0.1, -0.05) is 81.4 Å². The molecule has 5 nitrogen and oxygen atoms in total. The van der Waals surface area contributed by atoms with E-state index in [0.717, 1.165) is 16.3 Å². The number of nitriles is 1. The SMILES string of the molecule is CCC(c1ccccc1)N(C#N)C(=O)C(CC(C)C)NC(=O)c1ccc2ccccc2c1. The Bertz CT molecular complexity index is 1120. The Hall–Kier alpha value is -3.65. The normalized spacial score (nSPS) is 12.7. The number of nitrogens with one attached hydrogen (secondary N) is 1. The van der Waals surface area contributed by atoms with Crippen molar-refractivity contribution in [2.75, 3.05) is 0 Å². The molecule has 0 heterocycles. The van der Waals surface area contributed by atoms with Crippen molar-refractivity contribution in [2.24, 2.45) is 5.92 Å². The van der Waals surface area contributed by atoms with Gasteiger partial charge in [0.05, 0.1) is 6.04 Å². The van der Waals surface area contributed by atoms with Crippen LogP contribution in [-0.4, -0.2) is 22.8 Å². The van der Waals surface area contributed by atoms with Crippen molar-refractivity contribution in [3.8, 4) is 6.19 Å². The second kappa shape index (κ2) is 10.6. The number of amides is 2. The molecule has 0 aliphatic rings. The molecule has 0 aromatic heterocycles. The van der Waals surface area contributed by atoms with Crippen LogP contribution in [0.5, 0.6) is 0 Å². The molecule has 0 bridgehead atoms. The molecule has 164 valence electrons. The highest BCUT2D eigenvalue weighted by molar-refractivity contribution is 6.00. The molecule has 0 spiro atoms. The summed E-state index contributed by atoms with van der Waals surface area (Å²) in [5, 5.41) is 14.8. The molecule has 32 heavy (non-hydrogen) atoms. The zero-order valence-electron chi connectivity index (χ0n) is 18.8. The molecule has 0 saturated carbocycles. The van der Waals surface area contributed by atoms with Crippen LogP contribution < -0.4 is 5.32 Å². The quantitative estimate of drug-likeness (QED) is 0.384. The molecular formula is C27H29N3O2. The first-order valence-corrected chi connectivity index (χ1v) is 11.0. The van der Waals surface area contributed by atoms with Crippen LogP contribution in [0.15, 0.2) is 72.8 Å². The van der Waals surface area contributed by atoms with E-state index in [1.54, 1.807) is 6.07 Å². The maximum atomic E-state index is 13.5. The van der Waals surface area contributed by atoms with E-state index in [4.69, 9.17) is 0 Å². The number of hydrogen-bond acceptors (Lipinski definition) is 3. The number of benzene rings is 3. The van der Waals surface area contributed by atoms with Gasteiger partial charge in [-0.2, -0.15) is 5.26 Å². The average molecular weight is 428 g/mol. The molecule has 3 aromatic rings. The minimum Gasteiger partial charge on any atom is -0.340 e. The molecule has 2 unspecified atom stereocenters. The van der Waals surface area contributed by atoms with E-state index in [9.17, 15) is 14.9 Å². The van der Waals surface area contributed by atoms with Crippen molar-refractivity contribution >= 4 is 22.6 Å². The second-order valence-electron chi connectivity index (χ2n) is 8.36. The second-order valence-corrected chi connectivity index (χ2v) is 8.36.